The standard InChI is InChI=1S/C16H24N4O2S/c1-20(10-6-15-17-9-13-23-15)16(19-8-12-21-2)18-7-5-14-4-3-11-22-14/h3-4,9,11,13H,5-8,10,12H2,1-2H3,(H,18,19). The van der Waals surface area contributed by atoms with E-state index in [4.69, 9.17) is 9.15 Å². The van der Waals surface area contributed by atoms with Crippen molar-refractivity contribution in [2.24, 2.45) is 4.99 Å². The summed E-state index contributed by atoms with van der Waals surface area (Å²) < 4.78 is 10.4. The van der Waals surface area contributed by atoms with E-state index in [9.17, 15) is 0 Å². The maximum absolute atomic E-state index is 5.35. The highest BCUT2D eigenvalue weighted by Crippen LogP contribution is 2.05. The molecule has 0 bridgehead atoms. The number of methoxy groups -OCH3 is 1. The van der Waals surface area contributed by atoms with E-state index in [0.717, 1.165) is 42.7 Å². The zero-order chi connectivity index (χ0) is 16.3. The van der Waals surface area contributed by atoms with Crippen LogP contribution >= 0.6 is 11.3 Å². The fraction of sp³-hybridized carbons (Fsp3) is 0.500. The Kier molecular flexibility index (Phi) is 7.62. The topological polar surface area (TPSA) is 62.9 Å². The lowest BCUT2D eigenvalue weighted by molar-refractivity contribution is 0.207. The van der Waals surface area contributed by atoms with Gasteiger partial charge in [0, 0.05) is 51.7 Å². The van der Waals surface area contributed by atoms with Crippen molar-refractivity contribution in [3.05, 3.63) is 40.7 Å². The number of ether oxygens (including phenoxy) is 1. The zero-order valence-electron chi connectivity index (χ0n) is 13.7. The average molecular weight is 336 g/mol. The van der Waals surface area contributed by atoms with E-state index in [2.05, 4.69) is 20.2 Å². The molecule has 2 aromatic rings. The first-order valence-electron chi connectivity index (χ1n) is 7.68. The highest BCUT2D eigenvalue weighted by atomic mass is 32.1. The molecule has 0 aliphatic carbocycles. The van der Waals surface area contributed by atoms with Crippen LogP contribution in [0.15, 0.2) is 39.4 Å². The molecule has 0 radical (unpaired) electrons. The summed E-state index contributed by atoms with van der Waals surface area (Å²) in [7, 11) is 3.73. The molecule has 0 fully saturated rings. The number of rotatable bonds is 9. The average Bonchev–Trinajstić information content (AvgIpc) is 3.25. The van der Waals surface area contributed by atoms with Crippen molar-refractivity contribution in [3.8, 4) is 0 Å². The lowest BCUT2D eigenvalue weighted by Gasteiger charge is -2.22. The molecule has 2 heterocycles. The summed E-state index contributed by atoms with van der Waals surface area (Å²) in [6.07, 6.45) is 5.28. The zero-order valence-corrected chi connectivity index (χ0v) is 14.5. The van der Waals surface area contributed by atoms with Gasteiger partial charge in [0.2, 0.25) is 0 Å². The molecule has 126 valence electrons. The third kappa shape index (κ3) is 6.42. The smallest absolute Gasteiger partial charge is 0.193 e. The van der Waals surface area contributed by atoms with Gasteiger partial charge in [0.1, 0.15) is 5.76 Å². The van der Waals surface area contributed by atoms with Gasteiger partial charge in [-0.1, -0.05) is 0 Å². The molecule has 0 saturated carbocycles. The van der Waals surface area contributed by atoms with Crippen molar-refractivity contribution >= 4 is 17.3 Å². The monoisotopic (exact) mass is 336 g/mol. The Morgan fingerprint density at radius 3 is 3.09 bits per heavy atom. The van der Waals surface area contributed by atoms with Gasteiger partial charge >= 0.3 is 0 Å². The van der Waals surface area contributed by atoms with Crippen LogP contribution in [0.2, 0.25) is 0 Å². The number of guanidine groups is 1. The van der Waals surface area contributed by atoms with Crippen molar-refractivity contribution in [2.75, 3.05) is 40.4 Å². The number of thiazole rings is 1. The number of aromatic nitrogens is 1. The van der Waals surface area contributed by atoms with Crippen LogP contribution in [0.1, 0.15) is 10.8 Å². The molecule has 0 unspecified atom stereocenters. The second-order valence-electron chi connectivity index (χ2n) is 5.05. The van der Waals surface area contributed by atoms with Gasteiger partial charge < -0.3 is 19.4 Å². The van der Waals surface area contributed by atoms with E-state index in [0.29, 0.717) is 13.2 Å². The summed E-state index contributed by atoms with van der Waals surface area (Å²) in [6, 6.07) is 3.89. The van der Waals surface area contributed by atoms with Crippen LogP contribution in [0.4, 0.5) is 0 Å². The molecule has 0 aromatic carbocycles. The van der Waals surface area contributed by atoms with E-state index in [1.807, 2.05) is 30.8 Å². The summed E-state index contributed by atoms with van der Waals surface area (Å²) in [5.41, 5.74) is 0. The van der Waals surface area contributed by atoms with Crippen molar-refractivity contribution in [3.63, 3.8) is 0 Å². The molecule has 0 spiro atoms. The van der Waals surface area contributed by atoms with Gasteiger partial charge in [-0.05, 0) is 12.1 Å². The maximum Gasteiger partial charge on any atom is 0.193 e. The number of nitrogens with one attached hydrogen (secondary N) is 1. The van der Waals surface area contributed by atoms with Gasteiger partial charge in [0.05, 0.1) is 24.4 Å². The van der Waals surface area contributed by atoms with Crippen LogP contribution in [-0.2, 0) is 17.6 Å². The van der Waals surface area contributed by atoms with Crippen molar-refractivity contribution in [2.45, 2.75) is 12.8 Å². The van der Waals surface area contributed by atoms with Gasteiger partial charge in [0.15, 0.2) is 5.96 Å². The molecule has 2 rings (SSSR count). The molecule has 0 aliphatic heterocycles. The van der Waals surface area contributed by atoms with Crippen molar-refractivity contribution < 1.29 is 9.15 Å². The molecule has 0 amide bonds. The molecule has 0 aliphatic rings. The Balaban J connectivity index is 1.82. The van der Waals surface area contributed by atoms with Gasteiger partial charge in [-0.2, -0.15) is 0 Å². The third-order valence-electron chi connectivity index (χ3n) is 3.30. The van der Waals surface area contributed by atoms with Crippen molar-refractivity contribution in [1.82, 2.24) is 15.2 Å². The first kappa shape index (κ1) is 17.5. The minimum absolute atomic E-state index is 0.615. The lowest BCUT2D eigenvalue weighted by atomic mass is 10.3. The predicted octanol–water partition coefficient (Wildman–Crippen LogP) is 2.05. The van der Waals surface area contributed by atoms with Crippen LogP contribution in [0, 0.1) is 0 Å². The fourth-order valence-electron chi connectivity index (χ4n) is 2.05. The Bertz CT molecular complexity index is 555. The van der Waals surface area contributed by atoms with Gasteiger partial charge in [0.25, 0.3) is 0 Å². The van der Waals surface area contributed by atoms with Gasteiger partial charge in [-0.25, -0.2) is 4.98 Å². The second kappa shape index (κ2) is 10.0. The molecule has 0 saturated heterocycles. The molecule has 23 heavy (non-hydrogen) atoms. The summed E-state index contributed by atoms with van der Waals surface area (Å²) in [4.78, 5) is 11.0. The van der Waals surface area contributed by atoms with Crippen LogP contribution in [0.25, 0.3) is 0 Å². The second-order valence-corrected chi connectivity index (χ2v) is 6.03. The summed E-state index contributed by atoms with van der Waals surface area (Å²) in [5, 5.41) is 6.54. The van der Waals surface area contributed by atoms with Crippen molar-refractivity contribution in [1.29, 1.82) is 0 Å². The molecule has 2 aromatic heterocycles. The lowest BCUT2D eigenvalue weighted by Crippen LogP contribution is -2.41. The number of aliphatic imine (C=N–C) groups is 1. The highest BCUT2D eigenvalue weighted by Gasteiger charge is 2.08. The Morgan fingerprint density at radius 2 is 2.39 bits per heavy atom. The minimum Gasteiger partial charge on any atom is -0.469 e. The predicted molar refractivity (Wildman–Crippen MR) is 93.0 cm³/mol. The maximum atomic E-state index is 5.35. The van der Waals surface area contributed by atoms with E-state index >= 15 is 0 Å². The van der Waals surface area contributed by atoms with Crippen LogP contribution in [0.5, 0.6) is 0 Å². The number of hydrogen-bond acceptors (Lipinski definition) is 5. The molecular formula is C16H24N4O2S. The molecule has 0 atom stereocenters. The van der Waals surface area contributed by atoms with Gasteiger partial charge in [-0.3, -0.25) is 4.99 Å². The summed E-state index contributed by atoms with van der Waals surface area (Å²) in [6.45, 7) is 2.90. The van der Waals surface area contributed by atoms with Gasteiger partial charge in [-0.15, -0.1) is 11.3 Å². The first-order chi connectivity index (χ1) is 11.3. The Labute approximate surface area is 141 Å². The number of likely N-dealkylation sites (N-methyl/N-ethyl adjacent to an activating group) is 1. The number of furan rings is 1. The van der Waals surface area contributed by atoms with E-state index in [1.54, 1.807) is 24.7 Å². The number of nitrogens with zero attached hydrogens (tertiary/aromatic N) is 3. The van der Waals surface area contributed by atoms with E-state index < -0.39 is 0 Å². The third-order valence-corrected chi connectivity index (χ3v) is 4.14. The minimum atomic E-state index is 0.615. The SMILES string of the molecule is COCCN=C(NCCc1ccco1)N(C)CCc1nccs1. The summed E-state index contributed by atoms with van der Waals surface area (Å²) in [5.74, 6) is 1.85. The molecule has 1 N–H and O–H groups in total. The Morgan fingerprint density at radius 1 is 1.48 bits per heavy atom. The van der Waals surface area contributed by atoms with Crippen LogP contribution < -0.4 is 5.32 Å². The van der Waals surface area contributed by atoms with E-state index in [1.165, 1.54) is 0 Å². The van der Waals surface area contributed by atoms with E-state index in [-0.39, 0.29) is 0 Å². The summed E-state index contributed by atoms with van der Waals surface area (Å²) >= 11 is 1.68. The molecule has 7 heteroatoms. The van der Waals surface area contributed by atoms with Crippen LogP contribution in [0.3, 0.4) is 0 Å². The number of hydrogen-bond donors (Lipinski definition) is 1. The quantitative estimate of drug-likeness (QED) is 0.431. The molecule has 6 nitrogen and oxygen atoms in total. The fourth-order valence-corrected chi connectivity index (χ4v) is 2.66. The normalized spacial score (nSPS) is 11.7. The molecular weight excluding hydrogens is 312 g/mol. The first-order valence-corrected chi connectivity index (χ1v) is 8.56. The Hall–Kier alpha value is -1.86. The van der Waals surface area contributed by atoms with Crippen LogP contribution in [-0.4, -0.2) is 56.2 Å². The highest BCUT2D eigenvalue weighted by molar-refractivity contribution is 7.09. The largest absolute Gasteiger partial charge is 0.469 e.